The Morgan fingerprint density at radius 2 is 2.05 bits per heavy atom. The van der Waals surface area contributed by atoms with E-state index in [1.54, 1.807) is 12.1 Å². The Hall–Kier alpha value is -2.04. The summed E-state index contributed by atoms with van der Waals surface area (Å²) in [6, 6.07) is 8.42. The van der Waals surface area contributed by atoms with E-state index in [0.717, 1.165) is 12.8 Å². The van der Waals surface area contributed by atoms with Crippen molar-refractivity contribution in [1.29, 1.82) is 0 Å². The van der Waals surface area contributed by atoms with Crippen molar-refractivity contribution < 1.29 is 19.4 Å². The van der Waals surface area contributed by atoms with E-state index >= 15 is 0 Å². The average Bonchev–Trinajstić information content (AvgIpc) is 2.53. The van der Waals surface area contributed by atoms with Crippen molar-refractivity contribution in [2.45, 2.75) is 44.8 Å². The van der Waals surface area contributed by atoms with Crippen LogP contribution in [0, 0.1) is 0 Å². The molecule has 5 heteroatoms. The summed E-state index contributed by atoms with van der Waals surface area (Å²) in [5, 5.41) is 9.27. The van der Waals surface area contributed by atoms with Gasteiger partial charge in [0.15, 0.2) is 6.10 Å². The molecule has 0 aliphatic carbocycles. The lowest BCUT2D eigenvalue weighted by molar-refractivity contribution is -0.155. The Balaban J connectivity index is 2.09. The van der Waals surface area contributed by atoms with E-state index in [9.17, 15) is 14.7 Å². The number of nitrogens with zero attached hydrogens (tertiary/aromatic N) is 1. The minimum absolute atomic E-state index is 0.228. The number of piperidine rings is 1. The molecule has 0 spiro atoms. The van der Waals surface area contributed by atoms with Gasteiger partial charge in [-0.2, -0.15) is 0 Å². The highest BCUT2D eigenvalue weighted by atomic mass is 16.5. The molecule has 2 atom stereocenters. The molecule has 1 saturated heterocycles. The number of carboxylic acid groups (broad SMARTS) is 1. The number of rotatable bonds is 5. The predicted octanol–water partition coefficient (Wildman–Crippen LogP) is 2.31. The van der Waals surface area contributed by atoms with Crippen LogP contribution >= 0.6 is 0 Å². The Morgan fingerprint density at radius 3 is 2.67 bits per heavy atom. The van der Waals surface area contributed by atoms with Gasteiger partial charge in [-0.1, -0.05) is 25.1 Å². The number of carbonyl (C=O) groups is 2. The lowest BCUT2D eigenvalue weighted by Crippen LogP contribution is -2.52. The standard InChI is InChI=1S/C16H21NO4/c1-2-14(21-12-8-4-3-5-9-12)15(18)17-11-7-6-10-13(17)16(19)20/h3-5,8-9,13-14H,2,6-7,10-11H2,1H3,(H,19,20). The lowest BCUT2D eigenvalue weighted by atomic mass is 10.0. The number of hydrogen-bond donors (Lipinski definition) is 1. The second-order valence-corrected chi connectivity index (χ2v) is 5.21. The highest BCUT2D eigenvalue weighted by molar-refractivity contribution is 5.86. The van der Waals surface area contributed by atoms with Crippen molar-refractivity contribution in [2.75, 3.05) is 6.54 Å². The third kappa shape index (κ3) is 3.74. The summed E-state index contributed by atoms with van der Waals surface area (Å²) in [6.45, 7) is 2.36. The third-order valence-corrected chi connectivity index (χ3v) is 3.74. The maximum atomic E-state index is 12.6. The van der Waals surface area contributed by atoms with Gasteiger partial charge >= 0.3 is 5.97 Å². The highest BCUT2D eigenvalue weighted by Crippen LogP contribution is 2.21. The van der Waals surface area contributed by atoms with Gasteiger partial charge in [-0.05, 0) is 37.8 Å². The van der Waals surface area contributed by atoms with Gasteiger partial charge in [-0.15, -0.1) is 0 Å². The van der Waals surface area contributed by atoms with Crippen LogP contribution in [-0.2, 0) is 9.59 Å². The van der Waals surface area contributed by atoms with Crippen LogP contribution in [0.1, 0.15) is 32.6 Å². The van der Waals surface area contributed by atoms with Crippen LogP contribution in [0.25, 0.3) is 0 Å². The van der Waals surface area contributed by atoms with Crippen LogP contribution in [0.5, 0.6) is 5.75 Å². The Morgan fingerprint density at radius 1 is 1.33 bits per heavy atom. The van der Waals surface area contributed by atoms with Gasteiger partial charge in [0.05, 0.1) is 0 Å². The molecule has 0 radical (unpaired) electrons. The van der Waals surface area contributed by atoms with Crippen molar-refractivity contribution in [3.63, 3.8) is 0 Å². The van der Waals surface area contributed by atoms with Gasteiger partial charge in [-0.3, -0.25) is 4.79 Å². The van der Waals surface area contributed by atoms with Crippen LogP contribution in [-0.4, -0.2) is 40.6 Å². The molecule has 0 saturated carbocycles. The lowest BCUT2D eigenvalue weighted by Gasteiger charge is -2.35. The first-order valence-corrected chi connectivity index (χ1v) is 7.38. The van der Waals surface area contributed by atoms with Crippen molar-refractivity contribution in [3.05, 3.63) is 30.3 Å². The summed E-state index contributed by atoms with van der Waals surface area (Å²) in [5.74, 6) is -0.535. The number of carbonyl (C=O) groups excluding carboxylic acids is 1. The van der Waals surface area contributed by atoms with Crippen LogP contribution in [0.3, 0.4) is 0 Å². The largest absolute Gasteiger partial charge is 0.481 e. The molecule has 1 amide bonds. The molecular weight excluding hydrogens is 270 g/mol. The van der Waals surface area contributed by atoms with Crippen LogP contribution in [0.2, 0.25) is 0 Å². The molecule has 0 aromatic heterocycles. The van der Waals surface area contributed by atoms with Crippen molar-refractivity contribution in [3.8, 4) is 5.75 Å². The van der Waals surface area contributed by atoms with Gasteiger partial charge in [0.25, 0.3) is 5.91 Å². The van der Waals surface area contributed by atoms with E-state index in [1.165, 1.54) is 4.90 Å². The number of aliphatic carboxylic acids is 1. The number of para-hydroxylation sites is 1. The molecule has 1 fully saturated rings. The molecule has 1 aromatic carbocycles. The van der Waals surface area contributed by atoms with E-state index in [4.69, 9.17) is 4.74 Å². The maximum absolute atomic E-state index is 12.6. The minimum atomic E-state index is -0.933. The monoisotopic (exact) mass is 291 g/mol. The fourth-order valence-electron chi connectivity index (χ4n) is 2.61. The first-order valence-electron chi connectivity index (χ1n) is 7.38. The first kappa shape index (κ1) is 15.4. The Kier molecular flexibility index (Phi) is 5.20. The molecule has 21 heavy (non-hydrogen) atoms. The fraction of sp³-hybridized carbons (Fsp3) is 0.500. The number of carboxylic acids is 1. The summed E-state index contributed by atoms with van der Waals surface area (Å²) >= 11 is 0. The molecule has 2 rings (SSSR count). The number of hydrogen-bond acceptors (Lipinski definition) is 3. The fourth-order valence-corrected chi connectivity index (χ4v) is 2.61. The van der Waals surface area contributed by atoms with E-state index in [2.05, 4.69) is 0 Å². The second-order valence-electron chi connectivity index (χ2n) is 5.21. The third-order valence-electron chi connectivity index (χ3n) is 3.74. The van der Waals surface area contributed by atoms with E-state index in [1.807, 2.05) is 25.1 Å². The van der Waals surface area contributed by atoms with E-state index in [0.29, 0.717) is 25.1 Å². The summed E-state index contributed by atoms with van der Waals surface area (Å²) < 4.78 is 5.72. The quantitative estimate of drug-likeness (QED) is 0.904. The van der Waals surface area contributed by atoms with Crippen molar-refractivity contribution >= 4 is 11.9 Å². The number of ether oxygens (including phenoxy) is 1. The first-order chi connectivity index (χ1) is 10.1. The molecule has 114 valence electrons. The Labute approximate surface area is 124 Å². The average molecular weight is 291 g/mol. The SMILES string of the molecule is CCC(Oc1ccccc1)C(=O)N1CCCCC1C(=O)O. The molecule has 2 unspecified atom stereocenters. The molecule has 0 bridgehead atoms. The summed E-state index contributed by atoms with van der Waals surface area (Å²) in [6.07, 6.45) is 2.08. The molecular formula is C16H21NO4. The van der Waals surface area contributed by atoms with Gasteiger partial charge in [0.2, 0.25) is 0 Å². The topological polar surface area (TPSA) is 66.8 Å². The van der Waals surface area contributed by atoms with Crippen LogP contribution in [0.15, 0.2) is 30.3 Å². The number of likely N-dealkylation sites (tertiary alicyclic amines) is 1. The predicted molar refractivity (Wildman–Crippen MR) is 78.1 cm³/mol. The van der Waals surface area contributed by atoms with E-state index in [-0.39, 0.29) is 5.91 Å². The second kappa shape index (κ2) is 7.11. The summed E-state index contributed by atoms with van der Waals surface area (Å²) in [4.78, 5) is 25.4. The number of amides is 1. The van der Waals surface area contributed by atoms with Gasteiger partial charge in [0.1, 0.15) is 11.8 Å². The van der Waals surface area contributed by atoms with Gasteiger partial charge in [0, 0.05) is 6.54 Å². The zero-order chi connectivity index (χ0) is 15.2. The highest BCUT2D eigenvalue weighted by Gasteiger charge is 2.35. The normalized spacial score (nSPS) is 19.9. The Bertz CT molecular complexity index is 488. The smallest absolute Gasteiger partial charge is 0.326 e. The minimum Gasteiger partial charge on any atom is -0.481 e. The number of benzene rings is 1. The molecule has 1 aliphatic heterocycles. The van der Waals surface area contributed by atoms with Gasteiger partial charge < -0.3 is 14.7 Å². The molecule has 1 aromatic rings. The van der Waals surface area contributed by atoms with Crippen LogP contribution in [0.4, 0.5) is 0 Å². The molecule has 5 nitrogen and oxygen atoms in total. The van der Waals surface area contributed by atoms with Crippen LogP contribution < -0.4 is 4.74 Å². The maximum Gasteiger partial charge on any atom is 0.326 e. The summed E-state index contributed by atoms with van der Waals surface area (Å²) in [5.41, 5.74) is 0. The van der Waals surface area contributed by atoms with Crippen molar-refractivity contribution in [2.24, 2.45) is 0 Å². The van der Waals surface area contributed by atoms with Crippen molar-refractivity contribution in [1.82, 2.24) is 4.90 Å². The molecule has 1 aliphatic rings. The van der Waals surface area contributed by atoms with E-state index < -0.39 is 18.1 Å². The zero-order valence-electron chi connectivity index (χ0n) is 12.2. The molecule has 1 heterocycles. The molecule has 1 N–H and O–H groups in total. The summed E-state index contributed by atoms with van der Waals surface area (Å²) in [7, 11) is 0. The van der Waals surface area contributed by atoms with Gasteiger partial charge in [-0.25, -0.2) is 4.79 Å². The zero-order valence-corrected chi connectivity index (χ0v) is 12.2.